The minimum Gasteiger partial charge on any atom is -0.379 e. The molecule has 1 aliphatic rings. The molecule has 24 heavy (non-hydrogen) atoms. The lowest BCUT2D eigenvalue weighted by atomic mass is 10.1. The van der Waals surface area contributed by atoms with Crippen molar-refractivity contribution in [3.8, 4) is 0 Å². The summed E-state index contributed by atoms with van der Waals surface area (Å²) in [7, 11) is 1.86. The van der Waals surface area contributed by atoms with E-state index in [1.54, 1.807) is 10.9 Å². The standard InChI is InChI=1S/C17H21ClN4O2/c1-12-3-4-13(17(23)22-5-7-24-8-6-22)9-15(12)19-11-16-14(18)10-20-21(16)2/h3-4,9-10,19H,5-8,11H2,1-2H3. The van der Waals surface area contributed by atoms with E-state index in [0.717, 1.165) is 16.9 Å². The number of ether oxygens (including phenoxy) is 1. The molecule has 0 unspecified atom stereocenters. The fourth-order valence-electron chi connectivity index (χ4n) is 2.71. The van der Waals surface area contributed by atoms with Crippen molar-refractivity contribution in [1.82, 2.24) is 14.7 Å². The summed E-state index contributed by atoms with van der Waals surface area (Å²) in [5.41, 5.74) is 3.58. The van der Waals surface area contributed by atoms with E-state index in [1.165, 1.54) is 0 Å². The third-order valence-electron chi connectivity index (χ3n) is 4.24. The summed E-state index contributed by atoms with van der Waals surface area (Å²) in [6.07, 6.45) is 1.63. The van der Waals surface area contributed by atoms with Crippen LogP contribution in [0.3, 0.4) is 0 Å². The van der Waals surface area contributed by atoms with Crippen molar-refractivity contribution in [3.05, 3.63) is 46.2 Å². The first-order valence-electron chi connectivity index (χ1n) is 7.94. The number of rotatable bonds is 4. The van der Waals surface area contributed by atoms with Crippen molar-refractivity contribution in [2.75, 3.05) is 31.6 Å². The third-order valence-corrected chi connectivity index (χ3v) is 4.56. The van der Waals surface area contributed by atoms with Crippen LogP contribution in [-0.2, 0) is 18.3 Å². The van der Waals surface area contributed by atoms with Crippen LogP contribution >= 0.6 is 11.6 Å². The lowest BCUT2D eigenvalue weighted by Gasteiger charge is -2.27. The van der Waals surface area contributed by atoms with Gasteiger partial charge in [-0.2, -0.15) is 5.10 Å². The largest absolute Gasteiger partial charge is 0.379 e. The predicted octanol–water partition coefficient (Wildman–Crippen LogP) is 2.47. The zero-order valence-corrected chi connectivity index (χ0v) is 14.6. The summed E-state index contributed by atoms with van der Waals surface area (Å²) >= 11 is 6.14. The van der Waals surface area contributed by atoms with Crippen molar-refractivity contribution >= 4 is 23.2 Å². The number of anilines is 1. The molecule has 0 aliphatic carbocycles. The van der Waals surface area contributed by atoms with E-state index in [2.05, 4.69) is 10.4 Å². The number of carbonyl (C=O) groups is 1. The first-order chi connectivity index (χ1) is 11.6. The Morgan fingerprint density at radius 3 is 2.79 bits per heavy atom. The van der Waals surface area contributed by atoms with Gasteiger partial charge in [-0.25, -0.2) is 0 Å². The monoisotopic (exact) mass is 348 g/mol. The van der Waals surface area contributed by atoms with Gasteiger partial charge in [0.05, 0.1) is 36.7 Å². The normalized spacial score (nSPS) is 14.7. The second-order valence-corrected chi connectivity index (χ2v) is 6.26. The summed E-state index contributed by atoms with van der Waals surface area (Å²) in [5.74, 6) is 0.0416. The van der Waals surface area contributed by atoms with Gasteiger partial charge in [-0.05, 0) is 24.6 Å². The number of hydrogen-bond acceptors (Lipinski definition) is 4. The number of aromatic nitrogens is 2. The Hall–Kier alpha value is -2.05. The Labute approximate surface area is 146 Å². The predicted molar refractivity (Wildman–Crippen MR) is 93.4 cm³/mol. The average molecular weight is 349 g/mol. The Balaban J connectivity index is 1.75. The van der Waals surface area contributed by atoms with Crippen LogP contribution < -0.4 is 5.32 Å². The molecule has 1 fully saturated rings. The van der Waals surface area contributed by atoms with Gasteiger partial charge in [0.1, 0.15) is 0 Å². The Morgan fingerprint density at radius 1 is 1.38 bits per heavy atom. The quantitative estimate of drug-likeness (QED) is 0.922. The lowest BCUT2D eigenvalue weighted by molar-refractivity contribution is 0.0303. The summed E-state index contributed by atoms with van der Waals surface area (Å²) in [6, 6.07) is 5.73. The lowest BCUT2D eigenvalue weighted by Crippen LogP contribution is -2.40. The van der Waals surface area contributed by atoms with Crippen LogP contribution in [0, 0.1) is 6.92 Å². The summed E-state index contributed by atoms with van der Waals surface area (Å²) in [4.78, 5) is 14.4. The average Bonchev–Trinajstić information content (AvgIpc) is 2.92. The maximum absolute atomic E-state index is 12.6. The van der Waals surface area contributed by atoms with Crippen molar-refractivity contribution < 1.29 is 9.53 Å². The number of carbonyl (C=O) groups excluding carboxylic acids is 1. The smallest absolute Gasteiger partial charge is 0.254 e. The van der Waals surface area contributed by atoms with Crippen molar-refractivity contribution in [3.63, 3.8) is 0 Å². The van der Waals surface area contributed by atoms with Gasteiger partial charge >= 0.3 is 0 Å². The highest BCUT2D eigenvalue weighted by molar-refractivity contribution is 6.31. The summed E-state index contributed by atoms with van der Waals surface area (Å²) in [5, 5.41) is 8.11. The van der Waals surface area contributed by atoms with Crippen LogP contribution in [0.4, 0.5) is 5.69 Å². The van der Waals surface area contributed by atoms with E-state index in [0.29, 0.717) is 43.4 Å². The molecule has 1 aromatic heterocycles. The van der Waals surface area contributed by atoms with Gasteiger partial charge < -0.3 is 15.0 Å². The molecular formula is C17H21ClN4O2. The molecule has 0 spiro atoms. The number of nitrogens with one attached hydrogen (secondary N) is 1. The summed E-state index contributed by atoms with van der Waals surface area (Å²) in [6.45, 7) is 5.03. The molecule has 0 atom stereocenters. The van der Waals surface area contributed by atoms with Crippen LogP contribution in [0.25, 0.3) is 0 Å². The molecule has 0 bridgehead atoms. The minimum absolute atomic E-state index is 0.0416. The second-order valence-electron chi connectivity index (χ2n) is 5.85. The molecule has 7 heteroatoms. The fourth-order valence-corrected chi connectivity index (χ4v) is 2.94. The van der Waals surface area contributed by atoms with E-state index in [1.807, 2.05) is 37.1 Å². The van der Waals surface area contributed by atoms with Crippen LogP contribution in [0.15, 0.2) is 24.4 Å². The van der Waals surface area contributed by atoms with Crippen molar-refractivity contribution in [2.24, 2.45) is 7.05 Å². The maximum atomic E-state index is 12.6. The van der Waals surface area contributed by atoms with E-state index in [4.69, 9.17) is 16.3 Å². The van der Waals surface area contributed by atoms with Crippen LogP contribution in [0.5, 0.6) is 0 Å². The summed E-state index contributed by atoms with van der Waals surface area (Å²) < 4.78 is 7.05. The fraction of sp³-hybridized carbons (Fsp3) is 0.412. The number of nitrogens with zero attached hydrogens (tertiary/aromatic N) is 3. The molecule has 0 saturated carbocycles. The topological polar surface area (TPSA) is 59.4 Å². The Bertz CT molecular complexity index is 719. The molecule has 6 nitrogen and oxygen atoms in total. The number of benzene rings is 1. The van der Waals surface area contributed by atoms with Crippen molar-refractivity contribution in [2.45, 2.75) is 13.5 Å². The molecule has 1 aliphatic heterocycles. The molecule has 1 aromatic carbocycles. The first kappa shape index (κ1) is 16.8. The number of hydrogen-bond donors (Lipinski definition) is 1. The maximum Gasteiger partial charge on any atom is 0.254 e. The highest BCUT2D eigenvalue weighted by atomic mass is 35.5. The molecule has 0 radical (unpaired) electrons. The minimum atomic E-state index is 0.0416. The molecule has 2 aromatic rings. The molecule has 1 saturated heterocycles. The van der Waals surface area contributed by atoms with Gasteiger partial charge in [-0.15, -0.1) is 0 Å². The zero-order valence-electron chi connectivity index (χ0n) is 13.9. The highest BCUT2D eigenvalue weighted by Gasteiger charge is 2.19. The van der Waals surface area contributed by atoms with Crippen LogP contribution in [0.1, 0.15) is 21.6 Å². The van der Waals surface area contributed by atoms with E-state index < -0.39 is 0 Å². The van der Waals surface area contributed by atoms with E-state index in [9.17, 15) is 4.79 Å². The molecule has 128 valence electrons. The van der Waals surface area contributed by atoms with Gasteiger partial charge in [-0.1, -0.05) is 17.7 Å². The SMILES string of the molecule is Cc1ccc(C(=O)N2CCOCC2)cc1NCc1c(Cl)cnn1C. The Morgan fingerprint density at radius 2 is 2.12 bits per heavy atom. The van der Waals surface area contributed by atoms with E-state index >= 15 is 0 Å². The zero-order chi connectivity index (χ0) is 17.1. The number of amides is 1. The highest BCUT2D eigenvalue weighted by Crippen LogP contribution is 2.21. The van der Waals surface area contributed by atoms with Gasteiger partial charge in [0.2, 0.25) is 0 Å². The number of morpholine rings is 1. The molecular weight excluding hydrogens is 328 g/mol. The third kappa shape index (κ3) is 3.55. The van der Waals surface area contributed by atoms with Gasteiger partial charge in [-0.3, -0.25) is 9.48 Å². The number of aryl methyl sites for hydroxylation is 2. The van der Waals surface area contributed by atoms with Gasteiger partial charge in [0.25, 0.3) is 5.91 Å². The Kier molecular flexibility index (Phi) is 5.06. The van der Waals surface area contributed by atoms with Crippen LogP contribution in [-0.4, -0.2) is 46.9 Å². The molecule has 2 heterocycles. The second kappa shape index (κ2) is 7.23. The molecule has 1 amide bonds. The van der Waals surface area contributed by atoms with Gasteiger partial charge in [0, 0.05) is 31.4 Å². The van der Waals surface area contributed by atoms with Crippen LogP contribution in [0.2, 0.25) is 5.02 Å². The van der Waals surface area contributed by atoms with Gasteiger partial charge in [0.15, 0.2) is 0 Å². The molecule has 3 rings (SSSR count). The molecule has 1 N–H and O–H groups in total. The van der Waals surface area contributed by atoms with E-state index in [-0.39, 0.29) is 5.91 Å². The first-order valence-corrected chi connectivity index (χ1v) is 8.32. The number of halogens is 1. The van der Waals surface area contributed by atoms with Crippen molar-refractivity contribution in [1.29, 1.82) is 0 Å².